The molecule has 3 rings (SSSR count). The van der Waals surface area contributed by atoms with E-state index in [4.69, 9.17) is 21.1 Å². The predicted octanol–water partition coefficient (Wildman–Crippen LogP) is 7.68. The molecule has 1 atom stereocenters. The Morgan fingerprint density at radius 1 is 1.00 bits per heavy atom. The zero-order valence-electron chi connectivity index (χ0n) is 19.7. The van der Waals surface area contributed by atoms with Gasteiger partial charge in [0.2, 0.25) is 0 Å². The van der Waals surface area contributed by atoms with Gasteiger partial charge in [-0.15, -0.1) is 0 Å². The average Bonchev–Trinajstić information content (AvgIpc) is 2.83. The van der Waals surface area contributed by atoms with Crippen molar-refractivity contribution < 1.29 is 27.4 Å². The number of carbonyl (C=O) groups is 1. The van der Waals surface area contributed by atoms with Gasteiger partial charge in [0, 0.05) is 6.54 Å². The molecule has 35 heavy (non-hydrogen) atoms. The van der Waals surface area contributed by atoms with Gasteiger partial charge in [-0.2, -0.15) is 13.2 Å². The Morgan fingerprint density at radius 3 is 2.29 bits per heavy atom. The smallest absolute Gasteiger partial charge is 0.417 e. The molecule has 1 N–H and O–H groups in total. The standard InChI is InChI=1S/C27H27ClF3NO3/c1-4-17(2)13-19-7-12-25(34-3)22(14-19)26(33)32-16-18-5-8-20(9-6-18)35-21-10-11-24(28)23(15-21)27(29,30)31/h5-12,14-15,17H,4,13,16H2,1-3H3,(H,32,33)/t17-/m0/s1. The van der Waals surface area contributed by atoms with E-state index < -0.39 is 16.8 Å². The number of alkyl halides is 3. The van der Waals surface area contributed by atoms with Crippen LogP contribution in [0.2, 0.25) is 5.02 Å². The molecule has 8 heteroatoms. The number of amides is 1. The van der Waals surface area contributed by atoms with E-state index in [2.05, 4.69) is 19.2 Å². The topological polar surface area (TPSA) is 47.6 Å². The second-order valence-corrected chi connectivity index (χ2v) is 8.73. The lowest BCUT2D eigenvalue weighted by atomic mass is 9.97. The normalized spacial score (nSPS) is 12.2. The van der Waals surface area contributed by atoms with Crippen LogP contribution >= 0.6 is 11.6 Å². The van der Waals surface area contributed by atoms with E-state index in [0.29, 0.717) is 23.0 Å². The Labute approximate surface area is 208 Å². The van der Waals surface area contributed by atoms with E-state index in [1.165, 1.54) is 13.2 Å². The molecule has 0 aromatic heterocycles. The molecular formula is C27H27ClF3NO3. The monoisotopic (exact) mass is 505 g/mol. The van der Waals surface area contributed by atoms with E-state index in [-0.39, 0.29) is 18.2 Å². The highest BCUT2D eigenvalue weighted by molar-refractivity contribution is 6.31. The molecule has 1 amide bonds. The number of hydrogen-bond acceptors (Lipinski definition) is 3. The maximum atomic E-state index is 13.1. The van der Waals surface area contributed by atoms with Crippen molar-refractivity contribution in [3.05, 3.63) is 87.9 Å². The number of methoxy groups -OCH3 is 1. The second kappa shape index (κ2) is 11.5. The lowest BCUT2D eigenvalue weighted by molar-refractivity contribution is -0.137. The van der Waals surface area contributed by atoms with Crippen LogP contribution in [-0.4, -0.2) is 13.0 Å². The van der Waals surface area contributed by atoms with E-state index in [1.807, 2.05) is 12.1 Å². The summed E-state index contributed by atoms with van der Waals surface area (Å²) >= 11 is 5.65. The Morgan fingerprint density at radius 2 is 1.66 bits per heavy atom. The van der Waals surface area contributed by atoms with Gasteiger partial charge in [-0.05, 0) is 65.9 Å². The fourth-order valence-electron chi connectivity index (χ4n) is 3.48. The molecular weight excluding hydrogens is 479 g/mol. The van der Waals surface area contributed by atoms with Crippen LogP contribution in [0.4, 0.5) is 13.2 Å². The summed E-state index contributed by atoms with van der Waals surface area (Å²) in [7, 11) is 1.53. The number of halogens is 4. The van der Waals surface area contributed by atoms with Crippen molar-refractivity contribution in [1.82, 2.24) is 5.32 Å². The molecule has 0 saturated heterocycles. The van der Waals surface area contributed by atoms with Crippen molar-refractivity contribution >= 4 is 17.5 Å². The summed E-state index contributed by atoms with van der Waals surface area (Å²) in [6.07, 6.45) is -2.65. The van der Waals surface area contributed by atoms with Gasteiger partial charge in [0.1, 0.15) is 17.2 Å². The fraction of sp³-hybridized carbons (Fsp3) is 0.296. The summed E-state index contributed by atoms with van der Waals surface area (Å²) in [6, 6.07) is 15.7. The first-order valence-corrected chi connectivity index (χ1v) is 11.6. The third-order valence-electron chi connectivity index (χ3n) is 5.64. The largest absolute Gasteiger partial charge is 0.496 e. The van der Waals surface area contributed by atoms with Crippen LogP contribution in [-0.2, 0) is 19.1 Å². The highest BCUT2D eigenvalue weighted by Gasteiger charge is 2.33. The van der Waals surface area contributed by atoms with Gasteiger partial charge in [-0.1, -0.05) is 50.1 Å². The molecule has 0 aliphatic rings. The summed E-state index contributed by atoms with van der Waals surface area (Å²) in [4.78, 5) is 12.8. The molecule has 186 valence electrons. The van der Waals surface area contributed by atoms with Gasteiger partial charge in [0.15, 0.2) is 0 Å². The van der Waals surface area contributed by atoms with Gasteiger partial charge in [-0.25, -0.2) is 0 Å². The van der Waals surface area contributed by atoms with Crippen molar-refractivity contribution in [1.29, 1.82) is 0 Å². The number of hydrogen-bond donors (Lipinski definition) is 1. The quantitative estimate of drug-likeness (QED) is 0.324. The van der Waals surface area contributed by atoms with Crippen LogP contribution in [0, 0.1) is 5.92 Å². The maximum absolute atomic E-state index is 13.1. The first kappa shape index (κ1) is 26.4. The van der Waals surface area contributed by atoms with E-state index in [9.17, 15) is 18.0 Å². The van der Waals surface area contributed by atoms with Gasteiger partial charge in [0.25, 0.3) is 5.91 Å². The number of rotatable bonds is 9. The summed E-state index contributed by atoms with van der Waals surface area (Å²) in [5.41, 5.74) is 1.38. The van der Waals surface area contributed by atoms with E-state index in [1.54, 1.807) is 30.3 Å². The number of ether oxygens (including phenoxy) is 2. The zero-order chi connectivity index (χ0) is 25.6. The zero-order valence-corrected chi connectivity index (χ0v) is 20.5. The first-order chi connectivity index (χ1) is 16.6. The predicted molar refractivity (Wildman–Crippen MR) is 130 cm³/mol. The summed E-state index contributed by atoms with van der Waals surface area (Å²) in [6.45, 7) is 4.56. The number of carbonyl (C=O) groups excluding carboxylic acids is 1. The summed E-state index contributed by atoms with van der Waals surface area (Å²) in [5, 5.41) is 2.49. The maximum Gasteiger partial charge on any atom is 0.417 e. The molecule has 0 radical (unpaired) electrons. The van der Waals surface area contributed by atoms with Crippen molar-refractivity contribution in [2.45, 2.75) is 39.4 Å². The van der Waals surface area contributed by atoms with E-state index >= 15 is 0 Å². The lowest BCUT2D eigenvalue weighted by Crippen LogP contribution is -2.23. The Kier molecular flexibility index (Phi) is 8.67. The average molecular weight is 506 g/mol. The SMILES string of the molecule is CC[C@H](C)Cc1ccc(OC)c(C(=O)NCc2ccc(Oc3ccc(Cl)c(C(F)(F)F)c3)cc2)c1. The Balaban J connectivity index is 1.65. The van der Waals surface area contributed by atoms with Crippen LogP contribution < -0.4 is 14.8 Å². The minimum Gasteiger partial charge on any atom is -0.496 e. The lowest BCUT2D eigenvalue weighted by Gasteiger charge is -2.14. The molecule has 0 heterocycles. The van der Waals surface area contributed by atoms with Crippen LogP contribution in [0.3, 0.4) is 0 Å². The Hall–Kier alpha value is -3.19. The Bertz CT molecular complexity index is 1160. The molecule has 0 aliphatic heterocycles. The molecule has 0 aliphatic carbocycles. The van der Waals surface area contributed by atoms with Crippen molar-refractivity contribution in [3.63, 3.8) is 0 Å². The van der Waals surface area contributed by atoms with Crippen LogP contribution in [0.5, 0.6) is 17.2 Å². The molecule has 3 aromatic rings. The van der Waals surface area contributed by atoms with Crippen LogP contribution in [0.1, 0.15) is 47.3 Å². The summed E-state index contributed by atoms with van der Waals surface area (Å²) < 4.78 is 50.1. The number of nitrogens with one attached hydrogen (secondary N) is 1. The highest BCUT2D eigenvalue weighted by Crippen LogP contribution is 2.37. The van der Waals surface area contributed by atoms with Gasteiger partial charge >= 0.3 is 6.18 Å². The third-order valence-corrected chi connectivity index (χ3v) is 5.97. The van der Waals surface area contributed by atoms with Crippen molar-refractivity contribution in [2.24, 2.45) is 5.92 Å². The third kappa shape index (κ3) is 7.15. The molecule has 0 spiro atoms. The highest BCUT2D eigenvalue weighted by atomic mass is 35.5. The van der Waals surface area contributed by atoms with Crippen LogP contribution in [0.25, 0.3) is 0 Å². The summed E-state index contributed by atoms with van der Waals surface area (Å²) in [5.74, 6) is 1.13. The fourth-order valence-corrected chi connectivity index (χ4v) is 3.71. The van der Waals surface area contributed by atoms with Gasteiger partial charge in [0.05, 0.1) is 23.3 Å². The molecule has 0 bridgehead atoms. The second-order valence-electron chi connectivity index (χ2n) is 8.32. The van der Waals surface area contributed by atoms with Gasteiger partial charge in [-0.3, -0.25) is 4.79 Å². The van der Waals surface area contributed by atoms with Crippen molar-refractivity contribution in [2.75, 3.05) is 7.11 Å². The minimum atomic E-state index is -4.57. The number of benzene rings is 3. The molecule has 4 nitrogen and oxygen atoms in total. The minimum absolute atomic E-state index is 0.0205. The molecule has 0 saturated carbocycles. The van der Waals surface area contributed by atoms with Crippen molar-refractivity contribution in [3.8, 4) is 17.2 Å². The van der Waals surface area contributed by atoms with E-state index in [0.717, 1.165) is 36.1 Å². The molecule has 0 unspecified atom stereocenters. The first-order valence-electron chi connectivity index (χ1n) is 11.2. The van der Waals surface area contributed by atoms with Gasteiger partial charge < -0.3 is 14.8 Å². The molecule has 3 aromatic carbocycles. The van der Waals surface area contributed by atoms with Crippen LogP contribution in [0.15, 0.2) is 60.7 Å². The molecule has 0 fully saturated rings.